The first-order valence-corrected chi connectivity index (χ1v) is 5.68. The third-order valence-electron chi connectivity index (χ3n) is 2.37. The number of esters is 1. The largest absolute Gasteiger partial charge is 0.466 e. The molecule has 0 aromatic heterocycles. The molecule has 0 bridgehead atoms. The molecule has 0 radical (unpaired) electrons. The van der Waals surface area contributed by atoms with Crippen LogP contribution in [0.2, 0.25) is 5.02 Å². The summed E-state index contributed by atoms with van der Waals surface area (Å²) in [6.45, 7) is 0. The van der Waals surface area contributed by atoms with Crippen LogP contribution in [0.4, 0.5) is 0 Å². The fourth-order valence-corrected chi connectivity index (χ4v) is 2.03. The number of aliphatic imine (C=N–C) groups is 1. The van der Waals surface area contributed by atoms with Gasteiger partial charge in [0.2, 0.25) is 0 Å². The third kappa shape index (κ3) is 2.51. The topological polar surface area (TPSA) is 38.7 Å². The Morgan fingerprint density at radius 1 is 1.41 bits per heavy atom. The summed E-state index contributed by atoms with van der Waals surface area (Å²) in [5.74, 6) is -0.417. The van der Waals surface area contributed by atoms with E-state index in [0.29, 0.717) is 27.9 Å². The van der Waals surface area contributed by atoms with Crippen LogP contribution in [0.15, 0.2) is 34.8 Å². The van der Waals surface area contributed by atoms with Gasteiger partial charge in [0.25, 0.3) is 0 Å². The lowest BCUT2D eigenvalue weighted by Crippen LogP contribution is -2.05. The molecule has 1 aliphatic rings. The number of hydrogen-bond donors (Lipinski definition) is 0. The molecule has 1 aromatic rings. The summed E-state index contributed by atoms with van der Waals surface area (Å²) < 4.78 is 4.70. The number of hydrogen-bond acceptors (Lipinski definition) is 3. The first-order chi connectivity index (χ1) is 8.11. The van der Waals surface area contributed by atoms with Crippen LogP contribution in [0.1, 0.15) is 12.0 Å². The maximum Gasteiger partial charge on any atom is 0.336 e. The van der Waals surface area contributed by atoms with E-state index in [2.05, 4.69) is 4.99 Å². The summed E-state index contributed by atoms with van der Waals surface area (Å²) in [5, 5.41) is 0.956. The molecule has 1 heterocycles. The molecule has 88 valence electrons. The standard InChI is InChI=1S/C12H9Cl2NO2/c1-17-12(16)9-6-10(14)15-11(9)7-3-2-4-8(13)5-7/h2-5H,6H2,1H3. The van der Waals surface area contributed by atoms with Crippen LogP contribution >= 0.6 is 23.2 Å². The molecule has 0 saturated heterocycles. The fourth-order valence-electron chi connectivity index (χ4n) is 1.62. The summed E-state index contributed by atoms with van der Waals surface area (Å²) in [5.41, 5.74) is 1.75. The normalized spacial score (nSPS) is 14.9. The second-order valence-electron chi connectivity index (χ2n) is 3.49. The molecule has 0 amide bonds. The number of halogens is 2. The molecular formula is C12H9Cl2NO2. The van der Waals surface area contributed by atoms with Crippen molar-refractivity contribution in [2.45, 2.75) is 6.42 Å². The van der Waals surface area contributed by atoms with Gasteiger partial charge in [-0.2, -0.15) is 0 Å². The minimum Gasteiger partial charge on any atom is -0.466 e. The number of rotatable bonds is 2. The van der Waals surface area contributed by atoms with Gasteiger partial charge in [0.15, 0.2) is 0 Å². The van der Waals surface area contributed by atoms with E-state index in [1.807, 2.05) is 6.07 Å². The Bertz CT molecular complexity index is 535. The molecule has 1 aliphatic heterocycles. The van der Waals surface area contributed by atoms with E-state index in [1.54, 1.807) is 18.2 Å². The zero-order valence-electron chi connectivity index (χ0n) is 9.04. The molecule has 0 atom stereocenters. The number of benzene rings is 1. The first kappa shape index (κ1) is 12.1. The highest BCUT2D eigenvalue weighted by atomic mass is 35.5. The van der Waals surface area contributed by atoms with Crippen molar-refractivity contribution >= 4 is 40.0 Å². The van der Waals surface area contributed by atoms with Gasteiger partial charge >= 0.3 is 5.97 Å². The van der Waals surface area contributed by atoms with Gasteiger partial charge in [-0.25, -0.2) is 9.79 Å². The van der Waals surface area contributed by atoms with Crippen LogP contribution in [-0.4, -0.2) is 18.2 Å². The monoisotopic (exact) mass is 269 g/mol. The van der Waals surface area contributed by atoms with E-state index in [4.69, 9.17) is 27.9 Å². The number of carbonyl (C=O) groups is 1. The number of ether oxygens (including phenoxy) is 1. The van der Waals surface area contributed by atoms with Crippen molar-refractivity contribution in [3.05, 3.63) is 40.4 Å². The minimum absolute atomic E-state index is 0.302. The van der Waals surface area contributed by atoms with E-state index >= 15 is 0 Å². The predicted octanol–water partition coefficient (Wildman–Crippen LogP) is 3.27. The molecule has 2 rings (SSSR count). The van der Waals surface area contributed by atoms with Gasteiger partial charge < -0.3 is 4.74 Å². The average Bonchev–Trinajstić information content (AvgIpc) is 2.70. The molecule has 17 heavy (non-hydrogen) atoms. The Morgan fingerprint density at radius 3 is 2.82 bits per heavy atom. The lowest BCUT2D eigenvalue weighted by molar-refractivity contribution is -0.136. The molecule has 0 N–H and O–H groups in total. The van der Waals surface area contributed by atoms with Crippen molar-refractivity contribution in [1.29, 1.82) is 0 Å². The van der Waals surface area contributed by atoms with Crippen LogP contribution in [-0.2, 0) is 9.53 Å². The average molecular weight is 270 g/mol. The number of carbonyl (C=O) groups excluding carboxylic acids is 1. The highest BCUT2D eigenvalue weighted by molar-refractivity contribution is 6.67. The lowest BCUT2D eigenvalue weighted by atomic mass is 10.1. The van der Waals surface area contributed by atoms with Crippen molar-refractivity contribution in [2.24, 2.45) is 4.99 Å². The van der Waals surface area contributed by atoms with Gasteiger partial charge in [0, 0.05) is 17.0 Å². The van der Waals surface area contributed by atoms with Crippen molar-refractivity contribution in [3.63, 3.8) is 0 Å². The summed E-state index contributed by atoms with van der Waals surface area (Å²) in [6.07, 6.45) is 0.302. The molecule has 5 heteroatoms. The summed E-state index contributed by atoms with van der Waals surface area (Å²) in [4.78, 5) is 15.7. The van der Waals surface area contributed by atoms with Crippen molar-refractivity contribution < 1.29 is 9.53 Å². The third-order valence-corrected chi connectivity index (χ3v) is 2.82. The maximum atomic E-state index is 11.6. The molecule has 0 spiro atoms. The van der Waals surface area contributed by atoms with Crippen LogP contribution < -0.4 is 0 Å². The molecular weight excluding hydrogens is 261 g/mol. The van der Waals surface area contributed by atoms with Gasteiger partial charge in [-0.3, -0.25) is 0 Å². The van der Waals surface area contributed by atoms with Gasteiger partial charge in [0.1, 0.15) is 5.17 Å². The Kier molecular flexibility index (Phi) is 3.50. The summed E-state index contributed by atoms with van der Waals surface area (Å²) >= 11 is 11.8. The minimum atomic E-state index is -0.417. The van der Waals surface area contributed by atoms with E-state index in [1.165, 1.54) is 7.11 Å². The molecule has 3 nitrogen and oxygen atoms in total. The summed E-state index contributed by atoms with van der Waals surface area (Å²) in [7, 11) is 1.33. The number of methoxy groups -OCH3 is 1. The first-order valence-electron chi connectivity index (χ1n) is 4.92. The number of nitrogens with zero attached hydrogens (tertiary/aromatic N) is 1. The van der Waals surface area contributed by atoms with Crippen molar-refractivity contribution in [3.8, 4) is 0 Å². The Hall–Kier alpha value is -1.32. The van der Waals surface area contributed by atoms with Gasteiger partial charge in [0.05, 0.1) is 18.4 Å². The van der Waals surface area contributed by atoms with Crippen LogP contribution in [0.5, 0.6) is 0 Å². The van der Waals surface area contributed by atoms with E-state index in [-0.39, 0.29) is 0 Å². The highest BCUT2D eigenvalue weighted by Gasteiger charge is 2.24. The van der Waals surface area contributed by atoms with E-state index in [9.17, 15) is 4.79 Å². The summed E-state index contributed by atoms with van der Waals surface area (Å²) in [6, 6.07) is 7.10. The van der Waals surface area contributed by atoms with E-state index in [0.717, 1.165) is 5.56 Å². The van der Waals surface area contributed by atoms with Gasteiger partial charge in [-0.1, -0.05) is 35.3 Å². The zero-order chi connectivity index (χ0) is 12.4. The zero-order valence-corrected chi connectivity index (χ0v) is 10.5. The molecule has 1 aromatic carbocycles. The molecule has 0 unspecified atom stereocenters. The quantitative estimate of drug-likeness (QED) is 0.773. The second-order valence-corrected chi connectivity index (χ2v) is 4.37. The predicted molar refractivity (Wildman–Crippen MR) is 68.3 cm³/mol. The Morgan fingerprint density at radius 2 is 2.18 bits per heavy atom. The Labute approximate surface area is 109 Å². The van der Waals surface area contributed by atoms with Crippen LogP contribution in [0, 0.1) is 0 Å². The van der Waals surface area contributed by atoms with Crippen molar-refractivity contribution in [1.82, 2.24) is 0 Å². The molecule has 0 fully saturated rings. The van der Waals surface area contributed by atoms with Gasteiger partial charge in [-0.15, -0.1) is 0 Å². The van der Waals surface area contributed by atoms with Crippen LogP contribution in [0.25, 0.3) is 5.70 Å². The van der Waals surface area contributed by atoms with Gasteiger partial charge in [-0.05, 0) is 12.1 Å². The lowest BCUT2D eigenvalue weighted by Gasteiger charge is -2.04. The molecule has 0 aliphatic carbocycles. The molecule has 0 saturated carbocycles. The van der Waals surface area contributed by atoms with Crippen LogP contribution in [0.3, 0.4) is 0 Å². The SMILES string of the molecule is COC(=O)C1=C(c2cccc(Cl)c2)N=C(Cl)C1. The Balaban J connectivity index is 2.49. The maximum absolute atomic E-state index is 11.6. The smallest absolute Gasteiger partial charge is 0.336 e. The second kappa shape index (κ2) is 4.90. The van der Waals surface area contributed by atoms with Crippen molar-refractivity contribution in [2.75, 3.05) is 7.11 Å². The highest BCUT2D eigenvalue weighted by Crippen LogP contribution is 2.31. The van der Waals surface area contributed by atoms with E-state index < -0.39 is 5.97 Å². The fraction of sp³-hybridized carbons (Fsp3) is 0.167.